The number of nitrogens with one attached hydrogen (secondary N) is 1. The van der Waals surface area contributed by atoms with Gasteiger partial charge < -0.3 is 25.0 Å². The van der Waals surface area contributed by atoms with Gasteiger partial charge in [-0.05, 0) is 12.1 Å². The van der Waals surface area contributed by atoms with E-state index in [1.54, 1.807) is 0 Å². The van der Waals surface area contributed by atoms with E-state index in [0.29, 0.717) is 12.3 Å². The molecule has 0 aliphatic carbocycles. The molecule has 1 aromatic carbocycles. The van der Waals surface area contributed by atoms with Gasteiger partial charge in [-0.3, -0.25) is 0 Å². The molecule has 0 spiro atoms. The van der Waals surface area contributed by atoms with Gasteiger partial charge in [0.15, 0.2) is 11.5 Å². The van der Waals surface area contributed by atoms with Gasteiger partial charge in [0.25, 0.3) is 0 Å². The maximum atomic E-state index is 9.17. The van der Waals surface area contributed by atoms with Crippen LogP contribution in [-0.4, -0.2) is 36.8 Å². The zero-order chi connectivity index (χ0) is 12.3. The summed E-state index contributed by atoms with van der Waals surface area (Å²) in [6, 6.07) is 5.56. The molecule has 5 nitrogen and oxygen atoms in total. The Kier molecular flexibility index (Phi) is 3.40. The monoisotopic (exact) mass is 239 g/mol. The van der Waals surface area contributed by atoms with Gasteiger partial charge in [-0.1, -0.05) is 6.92 Å². The highest BCUT2D eigenvalue weighted by molar-refractivity contribution is 5.55. The SMILES string of the molecule is CC(CO)(CO)CNc1ccc2c(c1)OCO2. The van der Waals surface area contributed by atoms with Gasteiger partial charge in [0.05, 0.1) is 13.2 Å². The molecule has 0 saturated carbocycles. The molecule has 0 aromatic heterocycles. The molecule has 1 aliphatic heterocycles. The van der Waals surface area contributed by atoms with Crippen LogP contribution >= 0.6 is 0 Å². The molecule has 0 unspecified atom stereocenters. The number of aliphatic hydroxyl groups is 2. The second-order valence-corrected chi connectivity index (χ2v) is 4.55. The summed E-state index contributed by atoms with van der Waals surface area (Å²) in [5.41, 5.74) is 0.346. The summed E-state index contributed by atoms with van der Waals surface area (Å²) in [5, 5.41) is 21.5. The van der Waals surface area contributed by atoms with Crippen molar-refractivity contribution in [3.8, 4) is 11.5 Å². The average molecular weight is 239 g/mol. The Bertz CT molecular complexity index is 390. The van der Waals surface area contributed by atoms with Crippen molar-refractivity contribution < 1.29 is 19.7 Å². The second kappa shape index (κ2) is 4.81. The van der Waals surface area contributed by atoms with Crippen molar-refractivity contribution in [3.63, 3.8) is 0 Å². The van der Waals surface area contributed by atoms with Crippen LogP contribution in [0.4, 0.5) is 5.69 Å². The van der Waals surface area contributed by atoms with Gasteiger partial charge in [0.2, 0.25) is 6.79 Å². The first-order chi connectivity index (χ1) is 8.17. The molecular weight excluding hydrogens is 222 g/mol. The number of ether oxygens (including phenoxy) is 2. The van der Waals surface area contributed by atoms with E-state index in [2.05, 4.69) is 5.32 Å². The predicted molar refractivity (Wildman–Crippen MR) is 63.3 cm³/mol. The summed E-state index contributed by atoms with van der Waals surface area (Å²) < 4.78 is 10.5. The third kappa shape index (κ3) is 2.62. The van der Waals surface area contributed by atoms with Crippen molar-refractivity contribution in [2.45, 2.75) is 6.92 Å². The van der Waals surface area contributed by atoms with E-state index in [0.717, 1.165) is 11.4 Å². The van der Waals surface area contributed by atoms with Gasteiger partial charge in [-0.15, -0.1) is 0 Å². The molecule has 1 heterocycles. The molecule has 5 heteroatoms. The normalized spacial score (nSPS) is 13.8. The lowest BCUT2D eigenvalue weighted by Crippen LogP contribution is -2.33. The highest BCUT2D eigenvalue weighted by Crippen LogP contribution is 2.34. The fourth-order valence-electron chi connectivity index (χ4n) is 1.48. The molecule has 0 saturated heterocycles. The Hall–Kier alpha value is -1.46. The lowest BCUT2D eigenvalue weighted by Gasteiger charge is -2.25. The minimum absolute atomic E-state index is 0.0684. The van der Waals surface area contributed by atoms with E-state index in [1.807, 2.05) is 25.1 Å². The van der Waals surface area contributed by atoms with Crippen LogP contribution in [0, 0.1) is 5.41 Å². The van der Waals surface area contributed by atoms with E-state index >= 15 is 0 Å². The lowest BCUT2D eigenvalue weighted by molar-refractivity contribution is 0.0806. The smallest absolute Gasteiger partial charge is 0.231 e. The number of aliphatic hydroxyl groups excluding tert-OH is 2. The van der Waals surface area contributed by atoms with Crippen LogP contribution in [0.25, 0.3) is 0 Å². The number of hydrogen-bond acceptors (Lipinski definition) is 5. The second-order valence-electron chi connectivity index (χ2n) is 4.55. The molecule has 0 atom stereocenters. The number of rotatable bonds is 5. The van der Waals surface area contributed by atoms with E-state index < -0.39 is 5.41 Å². The molecular formula is C12H17NO4. The van der Waals surface area contributed by atoms with Crippen LogP contribution in [0.2, 0.25) is 0 Å². The van der Waals surface area contributed by atoms with Crippen LogP contribution in [0.15, 0.2) is 18.2 Å². The summed E-state index contributed by atoms with van der Waals surface area (Å²) >= 11 is 0. The van der Waals surface area contributed by atoms with Gasteiger partial charge in [-0.25, -0.2) is 0 Å². The van der Waals surface area contributed by atoms with E-state index in [1.165, 1.54) is 0 Å². The lowest BCUT2D eigenvalue weighted by atomic mass is 9.93. The average Bonchev–Trinajstić information content (AvgIpc) is 2.83. The van der Waals surface area contributed by atoms with E-state index in [4.69, 9.17) is 9.47 Å². The van der Waals surface area contributed by atoms with Crippen molar-refractivity contribution in [2.24, 2.45) is 5.41 Å². The summed E-state index contributed by atoms with van der Waals surface area (Å²) in [6.45, 7) is 2.42. The molecule has 0 fully saturated rings. The molecule has 17 heavy (non-hydrogen) atoms. The van der Waals surface area contributed by atoms with Crippen LogP contribution in [0.1, 0.15) is 6.92 Å². The van der Waals surface area contributed by atoms with Crippen molar-refractivity contribution in [1.29, 1.82) is 0 Å². The summed E-state index contributed by atoms with van der Waals surface area (Å²) in [6.07, 6.45) is 0. The zero-order valence-corrected chi connectivity index (χ0v) is 9.77. The molecule has 2 rings (SSSR count). The Morgan fingerprint density at radius 3 is 2.65 bits per heavy atom. The van der Waals surface area contributed by atoms with Crippen molar-refractivity contribution in [3.05, 3.63) is 18.2 Å². The highest BCUT2D eigenvalue weighted by Gasteiger charge is 2.22. The van der Waals surface area contributed by atoms with E-state index in [-0.39, 0.29) is 20.0 Å². The maximum absolute atomic E-state index is 9.17. The molecule has 94 valence electrons. The largest absolute Gasteiger partial charge is 0.454 e. The third-order valence-corrected chi connectivity index (χ3v) is 2.86. The molecule has 0 bridgehead atoms. The van der Waals surface area contributed by atoms with Gasteiger partial charge in [0, 0.05) is 23.7 Å². The number of hydrogen-bond donors (Lipinski definition) is 3. The number of anilines is 1. The first-order valence-electron chi connectivity index (χ1n) is 5.52. The van der Waals surface area contributed by atoms with E-state index in [9.17, 15) is 10.2 Å². The Balaban J connectivity index is 2.00. The van der Waals surface area contributed by atoms with Crippen LogP contribution < -0.4 is 14.8 Å². The zero-order valence-electron chi connectivity index (χ0n) is 9.77. The first kappa shape index (κ1) is 12.0. The van der Waals surface area contributed by atoms with Crippen LogP contribution in [0.3, 0.4) is 0 Å². The summed E-state index contributed by atoms with van der Waals surface area (Å²) in [7, 11) is 0. The Morgan fingerprint density at radius 1 is 1.24 bits per heavy atom. The number of fused-ring (bicyclic) bond motifs is 1. The minimum atomic E-state index is -0.531. The number of benzene rings is 1. The first-order valence-corrected chi connectivity index (χ1v) is 5.52. The summed E-state index contributed by atoms with van der Waals surface area (Å²) in [4.78, 5) is 0. The molecule has 0 amide bonds. The van der Waals surface area contributed by atoms with Crippen molar-refractivity contribution >= 4 is 5.69 Å². The van der Waals surface area contributed by atoms with Crippen molar-refractivity contribution in [1.82, 2.24) is 0 Å². The Morgan fingerprint density at radius 2 is 1.94 bits per heavy atom. The minimum Gasteiger partial charge on any atom is -0.454 e. The predicted octanol–water partition coefficient (Wildman–Crippen LogP) is 0.818. The van der Waals surface area contributed by atoms with Crippen LogP contribution in [0.5, 0.6) is 11.5 Å². The third-order valence-electron chi connectivity index (χ3n) is 2.86. The quantitative estimate of drug-likeness (QED) is 0.709. The van der Waals surface area contributed by atoms with Gasteiger partial charge >= 0.3 is 0 Å². The highest BCUT2D eigenvalue weighted by atomic mass is 16.7. The fraction of sp³-hybridized carbons (Fsp3) is 0.500. The topological polar surface area (TPSA) is 71.0 Å². The summed E-state index contributed by atoms with van der Waals surface area (Å²) in [5.74, 6) is 1.45. The van der Waals surface area contributed by atoms with Crippen LogP contribution in [-0.2, 0) is 0 Å². The molecule has 1 aliphatic rings. The Labute approximate surface area is 100.0 Å². The standard InChI is InChI=1S/C12H17NO4/c1-12(6-14,7-15)5-13-9-2-3-10-11(4-9)17-8-16-10/h2-4,13-15H,5-8H2,1H3. The maximum Gasteiger partial charge on any atom is 0.231 e. The molecule has 3 N–H and O–H groups in total. The molecule has 0 radical (unpaired) electrons. The molecule has 1 aromatic rings. The van der Waals surface area contributed by atoms with Crippen molar-refractivity contribution in [2.75, 3.05) is 31.9 Å². The van der Waals surface area contributed by atoms with Gasteiger partial charge in [-0.2, -0.15) is 0 Å². The van der Waals surface area contributed by atoms with Gasteiger partial charge in [0.1, 0.15) is 0 Å². The fourth-order valence-corrected chi connectivity index (χ4v) is 1.48.